The molecule has 1 heterocycles. The molecule has 0 radical (unpaired) electrons. The zero-order valence-electron chi connectivity index (χ0n) is 15.1. The molecule has 6 heteroatoms. The summed E-state index contributed by atoms with van der Waals surface area (Å²) in [6.07, 6.45) is 0.105. The first-order chi connectivity index (χ1) is 12.9. The van der Waals surface area contributed by atoms with Crippen LogP contribution < -0.4 is 10.4 Å². The van der Waals surface area contributed by atoms with Crippen molar-refractivity contribution in [2.24, 2.45) is 0 Å². The molecule has 2 aromatic carbocycles. The molecule has 3 rings (SSSR count). The van der Waals surface area contributed by atoms with Crippen molar-refractivity contribution in [1.29, 1.82) is 0 Å². The first-order valence-electron chi connectivity index (χ1n) is 8.51. The molecule has 0 N–H and O–H groups in total. The number of ether oxygens (including phenoxy) is 2. The molecule has 0 fully saturated rings. The molecule has 140 valence electrons. The van der Waals surface area contributed by atoms with Gasteiger partial charge in [-0.15, -0.1) is 0 Å². The summed E-state index contributed by atoms with van der Waals surface area (Å²) < 4.78 is 16.1. The van der Waals surface area contributed by atoms with Gasteiger partial charge in [-0.2, -0.15) is 0 Å². The fourth-order valence-corrected chi connectivity index (χ4v) is 2.82. The molecular formula is C21H19ClO5. The van der Waals surface area contributed by atoms with Crippen LogP contribution in [0.3, 0.4) is 0 Å². The quantitative estimate of drug-likeness (QED) is 0.458. The Kier molecular flexibility index (Phi) is 5.81. The predicted molar refractivity (Wildman–Crippen MR) is 103 cm³/mol. The van der Waals surface area contributed by atoms with Gasteiger partial charge in [-0.25, -0.2) is 4.79 Å². The van der Waals surface area contributed by atoms with Crippen molar-refractivity contribution in [3.63, 3.8) is 0 Å². The molecule has 5 nitrogen and oxygen atoms in total. The molecule has 1 aromatic heterocycles. The Labute approximate surface area is 161 Å². The van der Waals surface area contributed by atoms with E-state index in [1.165, 1.54) is 6.07 Å². The number of esters is 1. The first-order valence-corrected chi connectivity index (χ1v) is 8.89. The summed E-state index contributed by atoms with van der Waals surface area (Å²) in [6.45, 7) is 3.94. The molecule has 0 atom stereocenters. The maximum atomic E-state index is 12.0. The Morgan fingerprint density at radius 1 is 1.11 bits per heavy atom. The second kappa shape index (κ2) is 8.27. The van der Waals surface area contributed by atoms with Gasteiger partial charge in [0.25, 0.3) is 0 Å². The summed E-state index contributed by atoms with van der Waals surface area (Å²) >= 11 is 6.16. The van der Waals surface area contributed by atoms with E-state index in [-0.39, 0.29) is 19.6 Å². The molecule has 3 aromatic rings. The number of para-hydroxylation sites is 1. The summed E-state index contributed by atoms with van der Waals surface area (Å²) in [4.78, 5) is 23.7. The minimum absolute atomic E-state index is 0.0370. The van der Waals surface area contributed by atoms with Crippen LogP contribution in [0.2, 0.25) is 5.02 Å². The van der Waals surface area contributed by atoms with Crippen molar-refractivity contribution in [3.8, 4) is 5.75 Å². The molecule has 0 amide bonds. The lowest BCUT2D eigenvalue weighted by molar-refractivity contribution is -0.145. The van der Waals surface area contributed by atoms with Crippen LogP contribution in [0.25, 0.3) is 11.0 Å². The number of benzene rings is 2. The van der Waals surface area contributed by atoms with E-state index in [1.807, 2.05) is 38.1 Å². The van der Waals surface area contributed by atoms with E-state index in [2.05, 4.69) is 0 Å². The molecule has 0 saturated carbocycles. The molecule has 0 aliphatic rings. The van der Waals surface area contributed by atoms with Gasteiger partial charge in [-0.05, 0) is 43.2 Å². The van der Waals surface area contributed by atoms with Gasteiger partial charge in [0, 0.05) is 22.0 Å². The zero-order chi connectivity index (χ0) is 19.4. The fraction of sp³-hybridized carbons (Fsp3) is 0.238. The number of aryl methyl sites for hydroxylation is 2. The maximum absolute atomic E-state index is 12.0. The van der Waals surface area contributed by atoms with E-state index in [1.54, 1.807) is 12.1 Å². The Morgan fingerprint density at radius 3 is 2.67 bits per heavy atom. The molecule has 0 aliphatic carbocycles. The third-order valence-electron chi connectivity index (χ3n) is 4.16. The lowest BCUT2D eigenvalue weighted by atomic mass is 10.1. The Hall–Kier alpha value is -2.79. The highest BCUT2D eigenvalue weighted by Gasteiger charge is 2.11. The van der Waals surface area contributed by atoms with Crippen LogP contribution in [-0.2, 0) is 16.1 Å². The summed E-state index contributed by atoms with van der Waals surface area (Å²) in [5.41, 5.74) is 2.27. The maximum Gasteiger partial charge on any atom is 0.336 e. The summed E-state index contributed by atoms with van der Waals surface area (Å²) in [5.74, 6) is 0.324. The normalized spacial score (nSPS) is 10.8. The second-order valence-electron chi connectivity index (χ2n) is 6.21. The summed E-state index contributed by atoms with van der Waals surface area (Å²) in [7, 11) is 0. The standard InChI is InChI=1S/C21H19ClO5/c1-13-5-3-4-6-18(13)25-8-7-20(23)26-12-15-10-21(24)27-19-9-14(2)17(22)11-16(15)19/h3-6,9-11H,7-8,12H2,1-2H3. The molecule has 0 saturated heterocycles. The van der Waals surface area contributed by atoms with E-state index in [0.717, 1.165) is 16.9 Å². The van der Waals surface area contributed by atoms with E-state index in [0.29, 0.717) is 21.6 Å². The molecule has 0 aliphatic heterocycles. The van der Waals surface area contributed by atoms with Crippen LogP contribution in [-0.4, -0.2) is 12.6 Å². The van der Waals surface area contributed by atoms with Gasteiger partial charge in [0.2, 0.25) is 0 Å². The topological polar surface area (TPSA) is 65.7 Å². The Morgan fingerprint density at radius 2 is 1.89 bits per heavy atom. The van der Waals surface area contributed by atoms with Crippen LogP contribution >= 0.6 is 11.6 Å². The third-order valence-corrected chi connectivity index (χ3v) is 4.56. The molecule has 27 heavy (non-hydrogen) atoms. The van der Waals surface area contributed by atoms with Gasteiger partial charge < -0.3 is 13.9 Å². The third kappa shape index (κ3) is 4.68. The summed E-state index contributed by atoms with van der Waals surface area (Å²) in [6, 6.07) is 12.3. The molecule has 0 unspecified atom stereocenters. The van der Waals surface area contributed by atoms with Gasteiger partial charge in [0.15, 0.2) is 0 Å². The van der Waals surface area contributed by atoms with Crippen LogP contribution in [0.15, 0.2) is 51.7 Å². The smallest absolute Gasteiger partial charge is 0.336 e. The monoisotopic (exact) mass is 386 g/mol. The first kappa shape index (κ1) is 19.0. The van der Waals surface area contributed by atoms with Crippen molar-refractivity contribution < 1.29 is 18.7 Å². The lowest BCUT2D eigenvalue weighted by Gasteiger charge is -2.10. The van der Waals surface area contributed by atoms with E-state index in [9.17, 15) is 9.59 Å². The van der Waals surface area contributed by atoms with Gasteiger partial charge in [-0.3, -0.25) is 4.79 Å². The number of carbonyl (C=O) groups excluding carboxylic acids is 1. The largest absolute Gasteiger partial charge is 0.493 e. The van der Waals surface area contributed by atoms with Crippen molar-refractivity contribution in [2.75, 3.05) is 6.61 Å². The second-order valence-corrected chi connectivity index (χ2v) is 6.62. The zero-order valence-corrected chi connectivity index (χ0v) is 15.8. The number of fused-ring (bicyclic) bond motifs is 1. The minimum atomic E-state index is -0.502. The molecular weight excluding hydrogens is 368 g/mol. The van der Waals surface area contributed by atoms with Crippen molar-refractivity contribution in [2.45, 2.75) is 26.9 Å². The number of hydrogen-bond acceptors (Lipinski definition) is 5. The molecule has 0 spiro atoms. The average molecular weight is 387 g/mol. The van der Waals surface area contributed by atoms with Crippen LogP contribution in [0.1, 0.15) is 23.1 Å². The van der Waals surface area contributed by atoms with Gasteiger partial charge >= 0.3 is 11.6 Å². The van der Waals surface area contributed by atoms with Crippen molar-refractivity contribution in [3.05, 3.63) is 74.6 Å². The van der Waals surface area contributed by atoms with Crippen LogP contribution in [0, 0.1) is 13.8 Å². The Bertz CT molecular complexity index is 1040. The number of carbonyl (C=O) groups is 1. The van der Waals surface area contributed by atoms with E-state index in [4.69, 9.17) is 25.5 Å². The van der Waals surface area contributed by atoms with Crippen LogP contribution in [0.4, 0.5) is 0 Å². The van der Waals surface area contributed by atoms with Crippen LogP contribution in [0.5, 0.6) is 5.75 Å². The summed E-state index contributed by atoms with van der Waals surface area (Å²) in [5, 5.41) is 1.20. The number of halogens is 1. The van der Waals surface area contributed by atoms with Gasteiger partial charge in [0.1, 0.15) is 17.9 Å². The van der Waals surface area contributed by atoms with Crippen molar-refractivity contribution in [1.82, 2.24) is 0 Å². The fourth-order valence-electron chi connectivity index (χ4n) is 2.66. The van der Waals surface area contributed by atoms with Gasteiger partial charge in [0.05, 0.1) is 13.0 Å². The minimum Gasteiger partial charge on any atom is -0.493 e. The predicted octanol–water partition coefficient (Wildman–Crippen LogP) is 4.58. The average Bonchev–Trinajstić information content (AvgIpc) is 2.63. The SMILES string of the molecule is Cc1cc2oc(=O)cc(COC(=O)CCOc3ccccc3C)c2cc1Cl. The number of hydrogen-bond donors (Lipinski definition) is 0. The highest BCUT2D eigenvalue weighted by molar-refractivity contribution is 6.32. The lowest BCUT2D eigenvalue weighted by Crippen LogP contribution is -2.11. The Balaban J connectivity index is 1.62. The van der Waals surface area contributed by atoms with Gasteiger partial charge in [-0.1, -0.05) is 29.8 Å². The highest BCUT2D eigenvalue weighted by atomic mass is 35.5. The highest BCUT2D eigenvalue weighted by Crippen LogP contribution is 2.25. The van der Waals surface area contributed by atoms with E-state index >= 15 is 0 Å². The molecule has 0 bridgehead atoms. The van der Waals surface area contributed by atoms with E-state index < -0.39 is 11.6 Å². The van der Waals surface area contributed by atoms with Crippen molar-refractivity contribution >= 4 is 28.5 Å². The number of rotatable bonds is 6.